The molecule has 0 aliphatic carbocycles. The maximum absolute atomic E-state index is 5.50. The molecule has 2 aromatic rings. The van der Waals surface area contributed by atoms with Gasteiger partial charge >= 0.3 is 0 Å². The lowest BCUT2D eigenvalue weighted by atomic mass is 9.87. The number of nitrogens with zero attached hydrogens (tertiary/aromatic N) is 2. The molecule has 0 amide bonds. The van der Waals surface area contributed by atoms with E-state index in [2.05, 4.69) is 64.4 Å². The Morgan fingerprint density at radius 3 is 1.68 bits per heavy atom. The van der Waals surface area contributed by atoms with Crippen LogP contribution in [0.15, 0.2) is 54.6 Å². The van der Waals surface area contributed by atoms with E-state index in [1.165, 1.54) is 16.8 Å². The van der Waals surface area contributed by atoms with Crippen LogP contribution < -0.4 is 4.90 Å². The Hall–Kier alpha value is -1.96. The maximum Gasteiger partial charge on any atom is 0.0984 e. The molecule has 0 aromatic heterocycles. The van der Waals surface area contributed by atoms with Gasteiger partial charge in [0, 0.05) is 37.8 Å². The van der Waals surface area contributed by atoms with Gasteiger partial charge in [-0.2, -0.15) is 0 Å². The van der Waals surface area contributed by atoms with Gasteiger partial charge < -0.3 is 23.8 Å². The highest BCUT2D eigenvalue weighted by Gasteiger charge is 2.32. The second-order valence-corrected chi connectivity index (χ2v) is 10.2. The number of epoxide rings is 4. The van der Waals surface area contributed by atoms with E-state index in [4.69, 9.17) is 18.9 Å². The van der Waals surface area contributed by atoms with E-state index in [9.17, 15) is 0 Å². The van der Waals surface area contributed by atoms with Crippen molar-refractivity contribution in [1.82, 2.24) is 4.90 Å². The summed E-state index contributed by atoms with van der Waals surface area (Å²) < 4.78 is 22.0. The normalized spacial score (nSPS) is 27.4. The molecule has 34 heavy (non-hydrogen) atoms. The van der Waals surface area contributed by atoms with Gasteiger partial charge in [0.15, 0.2) is 0 Å². The summed E-state index contributed by atoms with van der Waals surface area (Å²) >= 11 is 0. The highest BCUT2D eigenvalue weighted by Crippen LogP contribution is 2.32. The van der Waals surface area contributed by atoms with Gasteiger partial charge in [-0.15, -0.1) is 0 Å². The Balaban J connectivity index is 1.12. The van der Waals surface area contributed by atoms with Crippen molar-refractivity contribution in [1.29, 1.82) is 0 Å². The Bertz CT molecular complexity index is 880. The third kappa shape index (κ3) is 6.58. The zero-order valence-electron chi connectivity index (χ0n) is 19.9. The monoisotopic (exact) mass is 464 g/mol. The Labute approximate surface area is 202 Å². The van der Waals surface area contributed by atoms with Crippen LogP contribution in [-0.2, 0) is 18.9 Å². The summed E-state index contributed by atoms with van der Waals surface area (Å²) in [7, 11) is 0. The molecule has 5 atom stereocenters. The minimum absolute atomic E-state index is 0.375. The van der Waals surface area contributed by atoms with Crippen LogP contribution in [0.1, 0.15) is 29.9 Å². The predicted octanol–water partition coefficient (Wildman–Crippen LogP) is 3.30. The summed E-state index contributed by atoms with van der Waals surface area (Å²) in [5.41, 5.74) is 4.05. The Morgan fingerprint density at radius 1 is 0.647 bits per heavy atom. The van der Waals surface area contributed by atoms with Crippen LogP contribution in [0.25, 0.3) is 0 Å². The molecule has 0 spiro atoms. The van der Waals surface area contributed by atoms with E-state index in [1.807, 2.05) is 0 Å². The molecule has 2 aromatic carbocycles. The van der Waals surface area contributed by atoms with Crippen molar-refractivity contribution in [2.24, 2.45) is 0 Å². The molecule has 4 heterocycles. The summed E-state index contributed by atoms with van der Waals surface area (Å²) in [6.07, 6.45) is 3.90. The first-order valence-electron chi connectivity index (χ1n) is 12.9. The molecule has 4 fully saturated rings. The molecule has 5 unspecified atom stereocenters. The molecular weight excluding hydrogens is 428 g/mol. The van der Waals surface area contributed by atoms with Crippen molar-refractivity contribution in [2.45, 2.75) is 43.2 Å². The number of hydrogen-bond donors (Lipinski definition) is 0. The summed E-state index contributed by atoms with van der Waals surface area (Å²) in [5.74, 6) is 0.401. The minimum atomic E-state index is 0.375. The number of hydrogen-bond acceptors (Lipinski definition) is 6. The van der Waals surface area contributed by atoms with Gasteiger partial charge in [0.25, 0.3) is 0 Å². The molecular formula is C28H36N2O4. The maximum atomic E-state index is 5.50. The van der Waals surface area contributed by atoms with E-state index in [0.717, 1.165) is 72.0 Å². The van der Waals surface area contributed by atoms with E-state index in [-0.39, 0.29) is 0 Å². The molecule has 4 aliphatic rings. The van der Waals surface area contributed by atoms with Gasteiger partial charge in [0.1, 0.15) is 0 Å². The zero-order valence-corrected chi connectivity index (χ0v) is 19.9. The van der Waals surface area contributed by atoms with E-state index in [0.29, 0.717) is 30.3 Å². The fraction of sp³-hybridized carbons (Fsp3) is 0.571. The van der Waals surface area contributed by atoms with Crippen LogP contribution in [0.3, 0.4) is 0 Å². The lowest BCUT2D eigenvalue weighted by Crippen LogP contribution is -2.32. The van der Waals surface area contributed by atoms with Crippen molar-refractivity contribution < 1.29 is 18.9 Å². The third-order valence-corrected chi connectivity index (χ3v) is 7.21. The topological polar surface area (TPSA) is 56.6 Å². The number of rotatable bonds is 15. The van der Waals surface area contributed by atoms with Gasteiger partial charge in [-0.1, -0.05) is 42.5 Å². The average molecular weight is 465 g/mol. The summed E-state index contributed by atoms with van der Waals surface area (Å²) in [4.78, 5) is 4.96. The van der Waals surface area contributed by atoms with Gasteiger partial charge in [0.2, 0.25) is 0 Å². The average Bonchev–Trinajstić information content (AvgIpc) is 3.70. The molecule has 0 bridgehead atoms. The van der Waals surface area contributed by atoms with Crippen molar-refractivity contribution >= 4 is 5.69 Å². The molecule has 0 radical (unpaired) electrons. The first kappa shape index (κ1) is 22.5. The fourth-order valence-electron chi connectivity index (χ4n) is 4.95. The minimum Gasteiger partial charge on any atom is -0.372 e. The lowest BCUT2D eigenvalue weighted by Gasteiger charge is -2.25. The van der Waals surface area contributed by atoms with E-state index >= 15 is 0 Å². The quantitative estimate of drug-likeness (QED) is 0.377. The Morgan fingerprint density at radius 2 is 1.15 bits per heavy atom. The zero-order chi connectivity index (χ0) is 22.7. The Kier molecular flexibility index (Phi) is 6.84. The van der Waals surface area contributed by atoms with Crippen LogP contribution in [-0.4, -0.2) is 88.5 Å². The van der Waals surface area contributed by atoms with Crippen molar-refractivity contribution in [3.8, 4) is 0 Å². The van der Waals surface area contributed by atoms with E-state index in [1.54, 1.807) is 0 Å². The molecule has 4 saturated heterocycles. The number of anilines is 1. The highest BCUT2D eigenvalue weighted by molar-refractivity contribution is 5.50. The summed E-state index contributed by atoms with van der Waals surface area (Å²) in [6.45, 7) is 8.66. The van der Waals surface area contributed by atoms with Gasteiger partial charge in [-0.05, 0) is 42.6 Å². The van der Waals surface area contributed by atoms with Crippen molar-refractivity contribution in [2.75, 3.05) is 64.1 Å². The second kappa shape index (κ2) is 10.3. The fourth-order valence-corrected chi connectivity index (χ4v) is 4.95. The first-order valence-corrected chi connectivity index (χ1v) is 12.9. The van der Waals surface area contributed by atoms with Gasteiger partial charge in [-0.3, -0.25) is 4.90 Å². The highest BCUT2D eigenvalue weighted by atomic mass is 16.6. The summed E-state index contributed by atoms with van der Waals surface area (Å²) in [6, 6.07) is 20.2. The SMILES string of the molecule is c1ccc(C(CCCN(CC2CO2)CC2CO2)c2ccc(N(CC3CO3)CC3CO3)cc2)cc1. The lowest BCUT2D eigenvalue weighted by molar-refractivity contribution is 0.215. The summed E-state index contributed by atoms with van der Waals surface area (Å²) in [5, 5.41) is 0. The van der Waals surface area contributed by atoms with Crippen LogP contribution in [0, 0.1) is 0 Å². The number of ether oxygens (including phenoxy) is 4. The van der Waals surface area contributed by atoms with Crippen LogP contribution in [0.4, 0.5) is 5.69 Å². The third-order valence-electron chi connectivity index (χ3n) is 7.21. The van der Waals surface area contributed by atoms with Gasteiger partial charge in [-0.25, -0.2) is 0 Å². The standard InChI is InChI=1S/C28H36N2O4/c1-2-5-21(6-3-1)28(7-4-12-29(13-24-17-31-24)14-25-18-32-25)22-8-10-23(11-9-22)30(15-26-19-33-26)16-27-20-34-27/h1-3,5-6,8-11,24-28H,4,7,12-20H2. The molecule has 0 N–H and O–H groups in total. The number of benzene rings is 2. The van der Waals surface area contributed by atoms with Crippen LogP contribution in [0.5, 0.6) is 0 Å². The molecule has 4 aliphatic heterocycles. The molecule has 6 nitrogen and oxygen atoms in total. The predicted molar refractivity (Wildman–Crippen MR) is 132 cm³/mol. The molecule has 0 saturated carbocycles. The van der Waals surface area contributed by atoms with E-state index < -0.39 is 0 Å². The molecule has 182 valence electrons. The first-order chi connectivity index (χ1) is 16.8. The van der Waals surface area contributed by atoms with Crippen LogP contribution >= 0.6 is 0 Å². The molecule has 6 heteroatoms. The van der Waals surface area contributed by atoms with Crippen LogP contribution in [0.2, 0.25) is 0 Å². The largest absolute Gasteiger partial charge is 0.372 e. The van der Waals surface area contributed by atoms with Crippen molar-refractivity contribution in [3.05, 3.63) is 65.7 Å². The van der Waals surface area contributed by atoms with Gasteiger partial charge in [0.05, 0.1) is 50.8 Å². The smallest absolute Gasteiger partial charge is 0.0984 e. The molecule has 6 rings (SSSR count). The van der Waals surface area contributed by atoms with Crippen molar-refractivity contribution in [3.63, 3.8) is 0 Å². The second-order valence-electron chi connectivity index (χ2n) is 10.2.